The van der Waals surface area contributed by atoms with Crippen molar-refractivity contribution in [2.45, 2.75) is 39.3 Å². The Morgan fingerprint density at radius 3 is 2.62 bits per heavy atom. The van der Waals surface area contributed by atoms with Gasteiger partial charge in [0.15, 0.2) is 0 Å². The number of methoxy groups -OCH3 is 1. The van der Waals surface area contributed by atoms with E-state index in [2.05, 4.69) is 47.0 Å². The zero-order valence-corrected chi connectivity index (χ0v) is 13.5. The summed E-state index contributed by atoms with van der Waals surface area (Å²) in [7, 11) is 1.74. The van der Waals surface area contributed by atoms with Gasteiger partial charge >= 0.3 is 0 Å². The molecule has 1 N–H and O–H groups in total. The highest BCUT2D eigenvalue weighted by atomic mass is 16.5. The summed E-state index contributed by atoms with van der Waals surface area (Å²) < 4.78 is 5.17. The van der Waals surface area contributed by atoms with Gasteiger partial charge in [-0.15, -0.1) is 0 Å². The van der Waals surface area contributed by atoms with Crippen molar-refractivity contribution in [2.24, 2.45) is 0 Å². The molecule has 2 heterocycles. The van der Waals surface area contributed by atoms with Crippen LogP contribution in [0.4, 0.5) is 5.82 Å². The van der Waals surface area contributed by atoms with E-state index in [1.807, 2.05) is 12.4 Å². The van der Waals surface area contributed by atoms with Crippen LogP contribution in [0, 0.1) is 0 Å². The molecule has 5 nitrogen and oxygen atoms in total. The lowest BCUT2D eigenvalue weighted by Gasteiger charge is -2.27. The van der Waals surface area contributed by atoms with Gasteiger partial charge in [-0.25, -0.2) is 4.98 Å². The Balaban J connectivity index is 1.91. The maximum absolute atomic E-state index is 5.17. The molecular weight excluding hydrogens is 264 g/mol. The number of ether oxygens (including phenoxy) is 1. The molecule has 0 unspecified atom stereocenters. The minimum atomic E-state index is 0.0930. The van der Waals surface area contributed by atoms with E-state index in [0.29, 0.717) is 0 Å². The summed E-state index contributed by atoms with van der Waals surface area (Å²) in [5.74, 6) is 0.947. The Morgan fingerprint density at radius 2 is 2.10 bits per heavy atom. The molecule has 2 rings (SSSR count). The van der Waals surface area contributed by atoms with Gasteiger partial charge in [0.2, 0.25) is 0 Å². The fourth-order valence-electron chi connectivity index (χ4n) is 2.19. The van der Waals surface area contributed by atoms with Gasteiger partial charge < -0.3 is 15.0 Å². The highest BCUT2D eigenvalue weighted by molar-refractivity contribution is 5.39. The molecule has 0 saturated carbocycles. The van der Waals surface area contributed by atoms with Crippen LogP contribution in [0.5, 0.6) is 0 Å². The van der Waals surface area contributed by atoms with Crippen LogP contribution in [0.3, 0.4) is 0 Å². The molecule has 0 bridgehead atoms. The van der Waals surface area contributed by atoms with Crippen LogP contribution < -0.4 is 10.2 Å². The Morgan fingerprint density at radius 1 is 1.29 bits per heavy atom. The topological polar surface area (TPSA) is 50.3 Å². The van der Waals surface area contributed by atoms with Crippen LogP contribution in [0.1, 0.15) is 32.9 Å². The smallest absolute Gasteiger partial charge is 0.147 e. The van der Waals surface area contributed by atoms with E-state index < -0.39 is 0 Å². The Labute approximate surface area is 127 Å². The number of hydrogen-bond donors (Lipinski definition) is 1. The SMILES string of the molecule is COCC1=CCN(c2cnc(CNC(C)(C)C)cn2)CC1. The van der Waals surface area contributed by atoms with Gasteiger partial charge in [0, 0.05) is 32.3 Å². The lowest BCUT2D eigenvalue weighted by Crippen LogP contribution is -2.35. The van der Waals surface area contributed by atoms with Gasteiger partial charge in [-0.05, 0) is 32.8 Å². The second-order valence-electron chi connectivity index (χ2n) is 6.46. The Kier molecular flexibility index (Phi) is 5.31. The normalized spacial score (nSPS) is 16.0. The maximum atomic E-state index is 5.17. The molecule has 1 aliphatic rings. The molecule has 1 aromatic heterocycles. The fraction of sp³-hybridized carbons (Fsp3) is 0.625. The number of rotatable bonds is 5. The van der Waals surface area contributed by atoms with Crippen molar-refractivity contribution in [1.29, 1.82) is 0 Å². The van der Waals surface area contributed by atoms with E-state index in [-0.39, 0.29) is 5.54 Å². The quantitative estimate of drug-likeness (QED) is 0.842. The van der Waals surface area contributed by atoms with Crippen LogP contribution in [0.2, 0.25) is 0 Å². The first kappa shape index (κ1) is 15.9. The van der Waals surface area contributed by atoms with Crippen molar-refractivity contribution in [3.05, 3.63) is 29.7 Å². The molecule has 1 aliphatic heterocycles. The van der Waals surface area contributed by atoms with Crippen LogP contribution in [-0.4, -0.2) is 42.3 Å². The van der Waals surface area contributed by atoms with Gasteiger partial charge in [-0.2, -0.15) is 0 Å². The minimum absolute atomic E-state index is 0.0930. The van der Waals surface area contributed by atoms with E-state index in [1.54, 1.807) is 7.11 Å². The van der Waals surface area contributed by atoms with Crippen LogP contribution in [0.25, 0.3) is 0 Å². The molecule has 0 radical (unpaired) electrons. The number of anilines is 1. The molecule has 0 aliphatic carbocycles. The van der Waals surface area contributed by atoms with Crippen LogP contribution in [0.15, 0.2) is 24.0 Å². The van der Waals surface area contributed by atoms with Crippen molar-refractivity contribution in [1.82, 2.24) is 15.3 Å². The average Bonchev–Trinajstić information content (AvgIpc) is 2.46. The lowest BCUT2D eigenvalue weighted by molar-refractivity contribution is 0.222. The Hall–Kier alpha value is -1.46. The molecule has 21 heavy (non-hydrogen) atoms. The van der Waals surface area contributed by atoms with Gasteiger partial charge in [-0.3, -0.25) is 4.98 Å². The zero-order valence-electron chi connectivity index (χ0n) is 13.5. The maximum Gasteiger partial charge on any atom is 0.147 e. The summed E-state index contributed by atoms with van der Waals surface area (Å²) in [6, 6.07) is 0. The summed E-state index contributed by atoms with van der Waals surface area (Å²) in [6.07, 6.45) is 6.99. The van der Waals surface area contributed by atoms with E-state index >= 15 is 0 Å². The van der Waals surface area contributed by atoms with Crippen LogP contribution in [-0.2, 0) is 11.3 Å². The van der Waals surface area contributed by atoms with Crippen molar-refractivity contribution in [2.75, 3.05) is 31.7 Å². The lowest BCUT2D eigenvalue weighted by atomic mass is 10.1. The van der Waals surface area contributed by atoms with Gasteiger partial charge in [0.1, 0.15) is 5.82 Å². The molecular formula is C16H26N4O. The summed E-state index contributed by atoms with van der Waals surface area (Å²) in [4.78, 5) is 11.3. The fourth-order valence-corrected chi connectivity index (χ4v) is 2.19. The van der Waals surface area contributed by atoms with Gasteiger partial charge in [0.25, 0.3) is 0 Å². The van der Waals surface area contributed by atoms with Gasteiger partial charge in [0.05, 0.1) is 24.7 Å². The number of hydrogen-bond acceptors (Lipinski definition) is 5. The highest BCUT2D eigenvalue weighted by Gasteiger charge is 2.14. The molecule has 0 saturated heterocycles. The average molecular weight is 290 g/mol. The summed E-state index contributed by atoms with van der Waals surface area (Å²) >= 11 is 0. The van der Waals surface area contributed by atoms with Crippen molar-refractivity contribution < 1.29 is 4.74 Å². The highest BCUT2D eigenvalue weighted by Crippen LogP contribution is 2.17. The third-order valence-corrected chi connectivity index (χ3v) is 3.45. The second-order valence-corrected chi connectivity index (χ2v) is 6.46. The summed E-state index contributed by atoms with van der Waals surface area (Å²) in [5, 5.41) is 3.42. The first-order valence-electron chi connectivity index (χ1n) is 7.46. The minimum Gasteiger partial charge on any atom is -0.380 e. The molecule has 0 spiro atoms. The van der Waals surface area contributed by atoms with E-state index in [0.717, 1.165) is 44.2 Å². The summed E-state index contributed by atoms with van der Waals surface area (Å²) in [5.41, 5.74) is 2.43. The standard InChI is InChI=1S/C16H26N4O/c1-16(2,3)19-10-14-9-18-15(11-17-14)20-7-5-13(6-8-20)12-21-4/h5,9,11,19H,6-8,10,12H2,1-4H3. The van der Waals surface area contributed by atoms with E-state index in [9.17, 15) is 0 Å². The molecule has 116 valence electrons. The zero-order chi connectivity index (χ0) is 15.3. The predicted molar refractivity (Wildman–Crippen MR) is 85.4 cm³/mol. The molecule has 0 fully saturated rings. The predicted octanol–water partition coefficient (Wildman–Crippen LogP) is 2.15. The number of nitrogens with one attached hydrogen (secondary N) is 1. The number of aromatic nitrogens is 2. The second kappa shape index (κ2) is 7.00. The monoisotopic (exact) mass is 290 g/mol. The van der Waals surface area contributed by atoms with Crippen molar-refractivity contribution >= 4 is 5.82 Å². The van der Waals surface area contributed by atoms with E-state index in [1.165, 1.54) is 5.57 Å². The van der Waals surface area contributed by atoms with Crippen LogP contribution >= 0.6 is 0 Å². The largest absolute Gasteiger partial charge is 0.380 e. The molecule has 1 aromatic rings. The van der Waals surface area contributed by atoms with E-state index in [4.69, 9.17) is 4.74 Å². The first-order valence-corrected chi connectivity index (χ1v) is 7.46. The third kappa shape index (κ3) is 5.10. The Bertz CT molecular complexity index is 476. The number of nitrogens with zero attached hydrogens (tertiary/aromatic N) is 3. The molecule has 0 aromatic carbocycles. The molecule has 5 heteroatoms. The molecule has 0 amide bonds. The first-order chi connectivity index (χ1) is 9.98. The van der Waals surface area contributed by atoms with Crippen molar-refractivity contribution in [3.63, 3.8) is 0 Å². The third-order valence-electron chi connectivity index (χ3n) is 3.45. The summed E-state index contributed by atoms with van der Waals surface area (Å²) in [6.45, 7) is 9.77. The molecule has 0 atom stereocenters. The van der Waals surface area contributed by atoms with Crippen molar-refractivity contribution in [3.8, 4) is 0 Å². The van der Waals surface area contributed by atoms with Gasteiger partial charge in [-0.1, -0.05) is 6.08 Å².